The van der Waals surface area contributed by atoms with Crippen LogP contribution in [0, 0.1) is 0 Å². The Balaban J connectivity index is 2.62. The Morgan fingerprint density at radius 1 is 1.39 bits per heavy atom. The average molecular weight is 261 g/mol. The third-order valence-corrected chi connectivity index (χ3v) is 2.76. The Labute approximate surface area is 105 Å². The zero-order valence-corrected chi connectivity index (χ0v) is 10.5. The van der Waals surface area contributed by atoms with Gasteiger partial charge in [-0.25, -0.2) is 0 Å². The molecule has 1 atom stereocenters. The maximum atomic E-state index is 12.1. The summed E-state index contributed by atoms with van der Waals surface area (Å²) >= 11 is 0. The molecule has 0 saturated carbocycles. The van der Waals surface area contributed by atoms with Crippen molar-refractivity contribution in [3.8, 4) is 0 Å². The Morgan fingerprint density at radius 2 is 2.06 bits per heavy atom. The minimum absolute atomic E-state index is 0.0790. The summed E-state index contributed by atoms with van der Waals surface area (Å²) in [5.74, 6) is 0. The third-order valence-electron chi connectivity index (χ3n) is 2.76. The van der Waals surface area contributed by atoms with Gasteiger partial charge in [-0.2, -0.15) is 13.2 Å². The molecular formula is C12H18F3N3. The largest absolute Gasteiger partial charge is 0.390 e. The number of hydrogen-bond acceptors (Lipinski definition) is 3. The molecule has 0 amide bonds. The van der Waals surface area contributed by atoms with E-state index in [0.29, 0.717) is 5.69 Å². The number of aromatic nitrogens is 1. The van der Waals surface area contributed by atoms with Gasteiger partial charge in [-0.15, -0.1) is 0 Å². The van der Waals surface area contributed by atoms with Gasteiger partial charge in [-0.3, -0.25) is 4.98 Å². The first-order chi connectivity index (χ1) is 8.33. The van der Waals surface area contributed by atoms with E-state index in [2.05, 4.69) is 4.98 Å². The van der Waals surface area contributed by atoms with Gasteiger partial charge in [0.1, 0.15) is 0 Å². The van der Waals surface area contributed by atoms with Crippen molar-refractivity contribution in [3.63, 3.8) is 0 Å². The molecule has 0 radical (unpaired) electrons. The van der Waals surface area contributed by atoms with Gasteiger partial charge >= 0.3 is 6.18 Å². The molecule has 0 bridgehead atoms. The van der Waals surface area contributed by atoms with E-state index in [4.69, 9.17) is 5.73 Å². The maximum Gasteiger partial charge on any atom is 0.390 e. The summed E-state index contributed by atoms with van der Waals surface area (Å²) in [6.07, 6.45) is -2.64. The average Bonchev–Trinajstić information content (AvgIpc) is 2.34. The van der Waals surface area contributed by atoms with Crippen molar-refractivity contribution >= 4 is 5.69 Å². The Morgan fingerprint density at radius 3 is 2.50 bits per heavy atom. The van der Waals surface area contributed by atoms with Gasteiger partial charge in [0.05, 0.1) is 24.0 Å². The van der Waals surface area contributed by atoms with Crippen LogP contribution in [0.15, 0.2) is 18.3 Å². The third kappa shape index (κ3) is 4.52. The van der Waals surface area contributed by atoms with Crippen molar-refractivity contribution in [1.29, 1.82) is 0 Å². The van der Waals surface area contributed by atoms with E-state index in [9.17, 15) is 13.2 Å². The van der Waals surface area contributed by atoms with Crippen LogP contribution in [0.4, 0.5) is 18.9 Å². The predicted octanol–water partition coefficient (Wildman–Crippen LogP) is 2.88. The Hall–Kier alpha value is -1.30. The summed E-state index contributed by atoms with van der Waals surface area (Å²) in [5, 5.41) is 0. The predicted molar refractivity (Wildman–Crippen MR) is 65.4 cm³/mol. The highest BCUT2D eigenvalue weighted by Gasteiger charge is 2.27. The molecule has 0 aliphatic rings. The second-order valence-corrected chi connectivity index (χ2v) is 4.24. The Bertz CT molecular complexity index is 362. The highest BCUT2D eigenvalue weighted by Crippen LogP contribution is 2.22. The number of anilines is 1. The van der Waals surface area contributed by atoms with E-state index < -0.39 is 12.6 Å². The number of nitrogens with zero attached hydrogens (tertiary/aromatic N) is 2. The number of pyridine rings is 1. The fraction of sp³-hybridized carbons (Fsp3) is 0.583. The van der Waals surface area contributed by atoms with Crippen molar-refractivity contribution in [2.45, 2.75) is 32.0 Å². The number of halogens is 3. The number of nitrogens with two attached hydrogens (primary N) is 1. The number of alkyl halides is 3. The monoisotopic (exact) mass is 261 g/mol. The van der Waals surface area contributed by atoms with Gasteiger partial charge < -0.3 is 10.6 Å². The fourth-order valence-electron chi connectivity index (χ4n) is 1.48. The van der Waals surface area contributed by atoms with Gasteiger partial charge in [0.15, 0.2) is 0 Å². The van der Waals surface area contributed by atoms with Crippen molar-refractivity contribution < 1.29 is 13.2 Å². The summed E-state index contributed by atoms with van der Waals surface area (Å²) < 4.78 is 36.3. The lowest BCUT2D eigenvalue weighted by Gasteiger charge is -2.20. The van der Waals surface area contributed by atoms with Crippen molar-refractivity contribution in [2.75, 3.05) is 18.5 Å². The molecule has 0 saturated heterocycles. The first kappa shape index (κ1) is 14.8. The van der Waals surface area contributed by atoms with E-state index in [1.165, 1.54) is 4.90 Å². The van der Waals surface area contributed by atoms with Crippen LogP contribution in [0.25, 0.3) is 0 Å². The van der Waals surface area contributed by atoms with Crippen LogP contribution < -0.4 is 10.6 Å². The normalized spacial score (nSPS) is 13.4. The zero-order chi connectivity index (χ0) is 13.8. The van der Waals surface area contributed by atoms with E-state index in [0.717, 1.165) is 12.1 Å². The fourth-order valence-corrected chi connectivity index (χ4v) is 1.48. The summed E-state index contributed by atoms with van der Waals surface area (Å²) in [5.41, 5.74) is 7.23. The molecule has 102 valence electrons. The van der Waals surface area contributed by atoms with Crippen LogP contribution in [-0.4, -0.2) is 24.8 Å². The molecule has 1 aromatic heterocycles. The van der Waals surface area contributed by atoms with Crippen LogP contribution in [0.5, 0.6) is 0 Å². The second-order valence-electron chi connectivity index (χ2n) is 4.24. The molecule has 1 aromatic rings. The van der Waals surface area contributed by atoms with Gasteiger partial charge in [0.25, 0.3) is 0 Å². The minimum Gasteiger partial charge on any atom is -0.373 e. The van der Waals surface area contributed by atoms with Gasteiger partial charge in [-0.05, 0) is 18.6 Å². The summed E-state index contributed by atoms with van der Waals surface area (Å²) in [4.78, 5) is 5.70. The number of hydrogen-bond donors (Lipinski definition) is 1. The second kappa shape index (κ2) is 6.04. The molecule has 0 fully saturated rings. The molecule has 1 heterocycles. The SMILES string of the molecule is CC[C@@H](N)c1ccc(N(C)CCC(F)(F)F)cn1. The van der Waals surface area contributed by atoms with Gasteiger partial charge in [0, 0.05) is 19.6 Å². The van der Waals surface area contributed by atoms with Crippen molar-refractivity contribution in [3.05, 3.63) is 24.0 Å². The van der Waals surface area contributed by atoms with Crippen LogP contribution in [0.3, 0.4) is 0 Å². The van der Waals surface area contributed by atoms with E-state index in [1.54, 1.807) is 25.4 Å². The maximum absolute atomic E-state index is 12.1. The molecule has 2 N–H and O–H groups in total. The topological polar surface area (TPSA) is 42.1 Å². The van der Waals surface area contributed by atoms with Crippen molar-refractivity contribution in [2.24, 2.45) is 5.73 Å². The molecule has 0 aliphatic carbocycles. The Kier molecular flexibility index (Phi) is 4.95. The molecule has 0 aliphatic heterocycles. The highest BCUT2D eigenvalue weighted by molar-refractivity contribution is 5.43. The summed E-state index contributed by atoms with van der Waals surface area (Å²) in [6, 6.07) is 3.38. The molecule has 0 aromatic carbocycles. The minimum atomic E-state index is -4.13. The molecule has 3 nitrogen and oxygen atoms in total. The quantitative estimate of drug-likeness (QED) is 0.886. The van der Waals surface area contributed by atoms with Gasteiger partial charge in [-0.1, -0.05) is 6.92 Å². The van der Waals surface area contributed by atoms with Gasteiger partial charge in [0.2, 0.25) is 0 Å². The number of rotatable bonds is 5. The smallest absolute Gasteiger partial charge is 0.373 e. The molecule has 18 heavy (non-hydrogen) atoms. The molecule has 0 spiro atoms. The lowest BCUT2D eigenvalue weighted by molar-refractivity contribution is -0.132. The molecule has 1 rings (SSSR count). The zero-order valence-electron chi connectivity index (χ0n) is 10.5. The summed E-state index contributed by atoms with van der Waals surface area (Å²) in [6.45, 7) is 1.88. The first-order valence-electron chi connectivity index (χ1n) is 5.83. The first-order valence-corrected chi connectivity index (χ1v) is 5.83. The van der Waals surface area contributed by atoms with Crippen LogP contribution in [0.2, 0.25) is 0 Å². The van der Waals surface area contributed by atoms with Crippen LogP contribution in [0.1, 0.15) is 31.5 Å². The summed E-state index contributed by atoms with van der Waals surface area (Å²) in [7, 11) is 1.61. The van der Waals surface area contributed by atoms with Crippen LogP contribution in [-0.2, 0) is 0 Å². The molecular weight excluding hydrogens is 243 g/mol. The van der Waals surface area contributed by atoms with E-state index >= 15 is 0 Å². The molecule has 0 unspecified atom stereocenters. The van der Waals surface area contributed by atoms with Crippen molar-refractivity contribution in [1.82, 2.24) is 4.98 Å². The van der Waals surface area contributed by atoms with E-state index in [-0.39, 0.29) is 12.6 Å². The lowest BCUT2D eigenvalue weighted by Crippen LogP contribution is -2.24. The standard InChI is InChI=1S/C12H18F3N3/c1-3-10(16)11-5-4-9(8-17-11)18(2)7-6-12(13,14)15/h4-5,8,10H,3,6-7,16H2,1-2H3/t10-/m1/s1. The molecule has 6 heteroatoms. The lowest BCUT2D eigenvalue weighted by atomic mass is 10.1. The highest BCUT2D eigenvalue weighted by atomic mass is 19.4. The van der Waals surface area contributed by atoms with Crippen LogP contribution >= 0.6 is 0 Å². The van der Waals surface area contributed by atoms with E-state index in [1.807, 2.05) is 6.92 Å².